The van der Waals surface area contributed by atoms with Gasteiger partial charge in [0.2, 0.25) is 0 Å². The molecule has 5 heteroatoms. The zero-order valence-electron chi connectivity index (χ0n) is 15.7. The Labute approximate surface area is 168 Å². The van der Waals surface area contributed by atoms with Crippen LogP contribution >= 0.6 is 0 Å². The Balaban J connectivity index is 1.58. The van der Waals surface area contributed by atoms with E-state index in [1.165, 1.54) is 0 Å². The summed E-state index contributed by atoms with van der Waals surface area (Å²) in [5, 5.41) is 9.64. The Bertz CT molecular complexity index is 1030. The van der Waals surface area contributed by atoms with Crippen LogP contribution in [-0.4, -0.2) is 23.7 Å². The maximum atomic E-state index is 12.7. The molecule has 0 spiro atoms. The first-order valence-electron chi connectivity index (χ1n) is 9.46. The first-order chi connectivity index (χ1) is 14.1. The number of fused-ring (bicyclic) bond motifs is 3. The minimum Gasteiger partial charge on any atom is -0.480 e. The molecular weight excluding hydrogens is 366 g/mol. The van der Waals surface area contributed by atoms with Gasteiger partial charge in [0.25, 0.3) is 0 Å². The summed E-state index contributed by atoms with van der Waals surface area (Å²) in [4.78, 5) is 24.5. The molecule has 29 heavy (non-hydrogen) atoms. The summed E-state index contributed by atoms with van der Waals surface area (Å²) in [6.45, 7) is 0.359. The zero-order valence-corrected chi connectivity index (χ0v) is 15.7. The molecular formula is C24H21NO4. The lowest BCUT2D eigenvalue weighted by molar-refractivity contribution is -0.154. The van der Waals surface area contributed by atoms with Gasteiger partial charge in [0.15, 0.2) is 5.92 Å². The molecule has 0 bridgehead atoms. The summed E-state index contributed by atoms with van der Waals surface area (Å²) in [5.41, 5.74) is 11.2. The minimum atomic E-state index is -1.38. The van der Waals surface area contributed by atoms with E-state index in [4.69, 9.17) is 10.5 Å². The summed E-state index contributed by atoms with van der Waals surface area (Å²) >= 11 is 0. The first-order valence-corrected chi connectivity index (χ1v) is 9.46. The van der Waals surface area contributed by atoms with Crippen molar-refractivity contribution in [1.29, 1.82) is 0 Å². The normalized spacial score (nSPS) is 13.4. The molecule has 0 unspecified atom stereocenters. The number of rotatable bonds is 6. The monoisotopic (exact) mass is 387 g/mol. The Morgan fingerprint density at radius 2 is 1.55 bits per heavy atom. The van der Waals surface area contributed by atoms with Crippen molar-refractivity contribution in [3.8, 4) is 11.1 Å². The number of benzene rings is 3. The Kier molecular flexibility index (Phi) is 5.14. The van der Waals surface area contributed by atoms with Gasteiger partial charge < -0.3 is 15.6 Å². The molecule has 0 radical (unpaired) electrons. The maximum Gasteiger partial charge on any atom is 0.324 e. The third-order valence-electron chi connectivity index (χ3n) is 5.36. The highest BCUT2D eigenvalue weighted by Crippen LogP contribution is 2.44. The molecule has 0 aliphatic heterocycles. The maximum absolute atomic E-state index is 12.7. The predicted molar refractivity (Wildman–Crippen MR) is 109 cm³/mol. The van der Waals surface area contributed by atoms with Gasteiger partial charge in [-0.1, -0.05) is 72.8 Å². The molecule has 1 atom stereocenters. The van der Waals surface area contributed by atoms with Crippen molar-refractivity contribution in [2.24, 2.45) is 5.73 Å². The predicted octanol–water partition coefficient (Wildman–Crippen LogP) is 3.67. The fraction of sp³-hybridized carbons (Fsp3) is 0.167. The SMILES string of the molecule is NCc1cccc([C@H](C(=O)O)C(=O)OCC2c3ccccc3-c3ccccc32)c1. The highest BCUT2D eigenvalue weighted by atomic mass is 16.5. The second kappa shape index (κ2) is 7.89. The van der Waals surface area contributed by atoms with Gasteiger partial charge in [-0.05, 0) is 33.4 Å². The van der Waals surface area contributed by atoms with Crippen LogP contribution < -0.4 is 5.73 Å². The quantitative estimate of drug-likeness (QED) is 0.498. The van der Waals surface area contributed by atoms with E-state index in [-0.39, 0.29) is 19.1 Å². The molecule has 0 heterocycles. The third-order valence-corrected chi connectivity index (χ3v) is 5.36. The van der Waals surface area contributed by atoms with Gasteiger partial charge in [-0.25, -0.2) is 0 Å². The highest BCUT2D eigenvalue weighted by Gasteiger charge is 2.33. The van der Waals surface area contributed by atoms with Gasteiger partial charge in [0, 0.05) is 12.5 Å². The van der Waals surface area contributed by atoms with Crippen molar-refractivity contribution in [1.82, 2.24) is 0 Å². The Morgan fingerprint density at radius 3 is 2.14 bits per heavy atom. The van der Waals surface area contributed by atoms with Gasteiger partial charge in [-0.3, -0.25) is 9.59 Å². The molecule has 1 aliphatic rings. The molecule has 3 aromatic rings. The molecule has 5 nitrogen and oxygen atoms in total. The summed E-state index contributed by atoms with van der Waals surface area (Å²) in [5.74, 6) is -3.51. The van der Waals surface area contributed by atoms with E-state index in [9.17, 15) is 14.7 Å². The van der Waals surface area contributed by atoms with Gasteiger partial charge in [-0.2, -0.15) is 0 Å². The van der Waals surface area contributed by atoms with Crippen molar-refractivity contribution >= 4 is 11.9 Å². The van der Waals surface area contributed by atoms with Gasteiger partial charge in [0.1, 0.15) is 6.61 Å². The van der Waals surface area contributed by atoms with E-state index < -0.39 is 17.9 Å². The Hall–Kier alpha value is -3.44. The van der Waals surface area contributed by atoms with Crippen LogP contribution in [0.1, 0.15) is 34.1 Å². The van der Waals surface area contributed by atoms with Gasteiger partial charge in [0.05, 0.1) is 0 Å². The lowest BCUT2D eigenvalue weighted by atomic mass is 9.96. The number of aliphatic carboxylic acids is 1. The van der Waals surface area contributed by atoms with Crippen LogP contribution in [-0.2, 0) is 20.9 Å². The smallest absolute Gasteiger partial charge is 0.324 e. The van der Waals surface area contributed by atoms with E-state index in [1.54, 1.807) is 24.3 Å². The fourth-order valence-electron chi connectivity index (χ4n) is 3.97. The van der Waals surface area contributed by atoms with Crippen LogP contribution in [0.5, 0.6) is 0 Å². The number of hydrogen-bond acceptors (Lipinski definition) is 4. The zero-order chi connectivity index (χ0) is 20.4. The molecule has 3 N–H and O–H groups in total. The average Bonchev–Trinajstić information content (AvgIpc) is 3.06. The third kappa shape index (κ3) is 3.52. The van der Waals surface area contributed by atoms with Crippen molar-refractivity contribution in [2.45, 2.75) is 18.4 Å². The number of carboxylic acids is 1. The van der Waals surface area contributed by atoms with E-state index in [1.807, 2.05) is 48.5 Å². The molecule has 1 aliphatic carbocycles. The fourth-order valence-corrected chi connectivity index (χ4v) is 3.97. The van der Waals surface area contributed by atoms with Crippen molar-refractivity contribution in [2.75, 3.05) is 6.61 Å². The van der Waals surface area contributed by atoms with Crippen LogP contribution in [0.2, 0.25) is 0 Å². The molecule has 0 saturated carbocycles. The van der Waals surface area contributed by atoms with E-state index in [0.29, 0.717) is 5.56 Å². The number of hydrogen-bond donors (Lipinski definition) is 2. The second-order valence-electron chi connectivity index (χ2n) is 7.08. The summed E-state index contributed by atoms with van der Waals surface area (Å²) < 4.78 is 5.54. The molecule has 0 fully saturated rings. The van der Waals surface area contributed by atoms with Crippen molar-refractivity contribution in [3.05, 3.63) is 95.1 Å². The number of carbonyl (C=O) groups is 2. The van der Waals surface area contributed by atoms with E-state index in [2.05, 4.69) is 0 Å². The van der Waals surface area contributed by atoms with Crippen LogP contribution in [0.25, 0.3) is 11.1 Å². The summed E-state index contributed by atoms with van der Waals surface area (Å²) in [6.07, 6.45) is 0. The van der Waals surface area contributed by atoms with Crippen molar-refractivity contribution < 1.29 is 19.4 Å². The second-order valence-corrected chi connectivity index (χ2v) is 7.08. The topological polar surface area (TPSA) is 89.6 Å². The average molecular weight is 387 g/mol. The molecule has 146 valence electrons. The molecule has 0 aromatic heterocycles. The van der Waals surface area contributed by atoms with Crippen LogP contribution in [0.3, 0.4) is 0 Å². The van der Waals surface area contributed by atoms with Crippen LogP contribution in [0, 0.1) is 0 Å². The lowest BCUT2D eigenvalue weighted by Crippen LogP contribution is -2.25. The number of ether oxygens (including phenoxy) is 1. The minimum absolute atomic E-state index is 0.0905. The van der Waals surface area contributed by atoms with Gasteiger partial charge in [-0.15, -0.1) is 0 Å². The standard InChI is InChI=1S/C24H21NO4/c25-13-15-6-5-7-16(12-15)22(23(26)27)24(28)29-14-21-19-10-3-1-8-17(19)18-9-2-4-11-20(18)21/h1-12,21-22H,13-14,25H2,(H,26,27)/t22-/m1/s1. The van der Waals surface area contributed by atoms with Gasteiger partial charge >= 0.3 is 11.9 Å². The molecule has 0 amide bonds. The van der Waals surface area contributed by atoms with Crippen LogP contribution in [0.4, 0.5) is 0 Å². The number of carboxylic acid groups (broad SMARTS) is 1. The Morgan fingerprint density at radius 1 is 0.931 bits per heavy atom. The van der Waals surface area contributed by atoms with Crippen molar-refractivity contribution in [3.63, 3.8) is 0 Å². The lowest BCUT2D eigenvalue weighted by Gasteiger charge is -2.17. The molecule has 0 saturated heterocycles. The van der Waals surface area contributed by atoms with Crippen LogP contribution in [0.15, 0.2) is 72.8 Å². The first kappa shape index (κ1) is 18.9. The molecule has 3 aromatic carbocycles. The number of carbonyl (C=O) groups excluding carboxylic acids is 1. The number of esters is 1. The summed E-state index contributed by atoms with van der Waals surface area (Å²) in [6, 6.07) is 22.8. The summed E-state index contributed by atoms with van der Waals surface area (Å²) in [7, 11) is 0. The molecule has 4 rings (SSSR count). The number of nitrogens with two attached hydrogens (primary N) is 1. The van der Waals surface area contributed by atoms with E-state index >= 15 is 0 Å². The largest absolute Gasteiger partial charge is 0.480 e. The highest BCUT2D eigenvalue weighted by molar-refractivity contribution is 6.00. The van der Waals surface area contributed by atoms with E-state index in [0.717, 1.165) is 27.8 Å².